The number of rotatable bonds is 24. The van der Waals surface area contributed by atoms with Gasteiger partial charge in [0.25, 0.3) is 0 Å². The summed E-state index contributed by atoms with van der Waals surface area (Å²) in [7, 11) is 0. The molecule has 0 bridgehead atoms. The molecule has 1 fully saturated rings. The number of aliphatic hydroxyl groups is 3. The number of carbonyl (C=O) groups excluding carboxylic acids is 2. The van der Waals surface area contributed by atoms with Crippen molar-refractivity contribution in [3.63, 3.8) is 0 Å². The van der Waals surface area contributed by atoms with Crippen molar-refractivity contribution in [2.24, 2.45) is 22.9 Å². The van der Waals surface area contributed by atoms with Crippen molar-refractivity contribution in [1.82, 2.24) is 10.2 Å². The second kappa shape index (κ2) is 23.6. The van der Waals surface area contributed by atoms with Crippen LogP contribution in [0.2, 0.25) is 0 Å². The zero-order valence-corrected chi connectivity index (χ0v) is 36.7. The Morgan fingerprint density at radius 3 is 2.42 bits per heavy atom. The molecule has 2 aromatic rings. The first-order valence-electron chi connectivity index (χ1n) is 22.0. The highest BCUT2D eigenvalue weighted by molar-refractivity contribution is 6.03. The van der Waals surface area contributed by atoms with Gasteiger partial charge in [0.05, 0.1) is 44.7 Å². The van der Waals surface area contributed by atoms with Gasteiger partial charge in [-0.15, -0.1) is 13.2 Å². The van der Waals surface area contributed by atoms with Crippen LogP contribution < -0.4 is 14.8 Å². The van der Waals surface area contributed by atoms with E-state index < -0.39 is 35.5 Å². The van der Waals surface area contributed by atoms with E-state index in [9.17, 15) is 24.9 Å². The van der Waals surface area contributed by atoms with Crippen molar-refractivity contribution < 1.29 is 53.4 Å². The lowest BCUT2D eigenvalue weighted by Crippen LogP contribution is -2.70. The zero-order chi connectivity index (χ0) is 44.5. The summed E-state index contributed by atoms with van der Waals surface area (Å²) in [5, 5.41) is 37.0. The van der Waals surface area contributed by atoms with Gasteiger partial charge < -0.3 is 49.2 Å². The molecule has 340 valence electrons. The fourth-order valence-corrected chi connectivity index (χ4v) is 8.83. The summed E-state index contributed by atoms with van der Waals surface area (Å²) >= 11 is 0. The van der Waals surface area contributed by atoms with E-state index in [1.165, 1.54) is 0 Å². The fourth-order valence-electron chi connectivity index (χ4n) is 8.83. The molecule has 6 atom stereocenters. The van der Waals surface area contributed by atoms with Crippen LogP contribution >= 0.6 is 0 Å². The van der Waals surface area contributed by atoms with E-state index in [0.717, 1.165) is 42.4 Å². The molecule has 0 aromatic heterocycles. The maximum atomic E-state index is 14.4. The highest BCUT2D eigenvalue weighted by Crippen LogP contribution is 2.62. The Balaban J connectivity index is 1.72. The summed E-state index contributed by atoms with van der Waals surface area (Å²) < 4.78 is 31.8. The molecular weight excluding hydrogens is 795 g/mol. The number of unbranched alkanes of at least 4 members (excludes halogenated alkanes) is 2. The Morgan fingerprint density at radius 1 is 0.968 bits per heavy atom. The van der Waals surface area contributed by atoms with Gasteiger partial charge in [-0.05, 0) is 94.0 Å². The molecule has 14 nitrogen and oxygen atoms in total. The van der Waals surface area contributed by atoms with Crippen LogP contribution in [0.25, 0.3) is 0 Å². The molecule has 0 spiro atoms. The molecule has 2 aromatic carbocycles. The Labute approximate surface area is 366 Å². The zero-order valence-electron chi connectivity index (χ0n) is 36.7. The van der Waals surface area contributed by atoms with Crippen molar-refractivity contribution in [3.8, 4) is 11.5 Å². The number of fused-ring (bicyclic) bond motifs is 2. The summed E-state index contributed by atoms with van der Waals surface area (Å²) in [6.07, 6.45) is 9.22. The van der Waals surface area contributed by atoms with Crippen LogP contribution in [-0.2, 0) is 25.6 Å². The minimum atomic E-state index is -1.53. The number of allylic oxidation sites excluding steroid dienone is 1. The minimum Gasteiger partial charge on any atom is -0.459 e. The average molecular weight is 862 g/mol. The van der Waals surface area contributed by atoms with Crippen molar-refractivity contribution in [3.05, 3.63) is 96.6 Å². The first-order chi connectivity index (χ1) is 30.0. The van der Waals surface area contributed by atoms with Crippen LogP contribution in [0.15, 0.2) is 90.6 Å². The number of aliphatic hydroxyl groups excluding tert-OH is 3. The molecule has 1 saturated carbocycles. The van der Waals surface area contributed by atoms with Gasteiger partial charge in [-0.2, -0.15) is 0 Å². The van der Waals surface area contributed by atoms with Crippen molar-refractivity contribution in [2.45, 2.75) is 102 Å². The van der Waals surface area contributed by atoms with E-state index in [1.54, 1.807) is 29.2 Å². The number of nitrogens with zero attached hydrogens (tertiary/aromatic N) is 2. The van der Waals surface area contributed by atoms with E-state index in [1.807, 2.05) is 57.2 Å². The lowest BCUT2D eigenvalue weighted by atomic mass is 9.55. The Hall–Kier alpha value is -4.73. The third kappa shape index (κ3) is 12.5. The molecule has 2 amide bonds. The number of carbonyl (C=O) groups is 2. The van der Waals surface area contributed by atoms with Gasteiger partial charge in [0.2, 0.25) is 5.79 Å². The van der Waals surface area contributed by atoms with Crippen LogP contribution in [0.5, 0.6) is 11.5 Å². The van der Waals surface area contributed by atoms with Crippen molar-refractivity contribution in [2.75, 3.05) is 52.8 Å². The van der Waals surface area contributed by atoms with E-state index in [0.29, 0.717) is 36.5 Å². The van der Waals surface area contributed by atoms with Crippen LogP contribution in [0, 0.1) is 17.8 Å². The van der Waals surface area contributed by atoms with Gasteiger partial charge in [-0.1, -0.05) is 66.6 Å². The van der Waals surface area contributed by atoms with Crippen LogP contribution in [-0.4, -0.2) is 108 Å². The summed E-state index contributed by atoms with van der Waals surface area (Å²) in [6, 6.07) is 14.1. The molecule has 1 aliphatic heterocycles. The van der Waals surface area contributed by atoms with E-state index in [-0.39, 0.29) is 83.5 Å². The van der Waals surface area contributed by atoms with Gasteiger partial charge in [0, 0.05) is 44.2 Å². The lowest BCUT2D eigenvalue weighted by molar-refractivity contribution is -0.256. The second-order valence-corrected chi connectivity index (χ2v) is 16.9. The molecular formula is C48H67N3O11. The Morgan fingerprint density at radius 2 is 1.73 bits per heavy atom. The van der Waals surface area contributed by atoms with Crippen LogP contribution in [0.4, 0.5) is 9.59 Å². The molecule has 0 radical (unpaired) electrons. The quantitative estimate of drug-likeness (QED) is 0.0469. The molecule has 62 heavy (non-hydrogen) atoms. The Bertz CT molecular complexity index is 1830. The first-order valence-corrected chi connectivity index (χ1v) is 22.0. The number of oxime groups is 1. The standard InChI is InChI=1S/C48H67N3O11/c1-6-8-27-58-46(56)51(22-28-57-29-25-54)42-32-40(50-62-47(3,4)5)38-30-35(18-12-14-23-52)37(19-13-15-24-53)43-39-31-36(60-45(55)49-33-34-16-10-9-11-17-34)20-21-41(39)61-48(42,44(38)43)59-26-7-2/h6-7,9-11,16-17,20-21,30-31,35,37,42-44,52-54H,1-2,8,12-15,18-19,22-29,32-33H2,3-5H3,(H,49,55). The van der Waals surface area contributed by atoms with E-state index in [4.69, 9.17) is 33.7 Å². The molecule has 4 N–H and O–H groups in total. The fraction of sp³-hybridized carbons (Fsp3) is 0.562. The molecule has 0 saturated heterocycles. The third-order valence-electron chi connectivity index (χ3n) is 11.4. The highest BCUT2D eigenvalue weighted by Gasteiger charge is 2.65. The average Bonchev–Trinajstić information content (AvgIpc) is 3.26. The maximum absolute atomic E-state index is 14.4. The molecule has 6 unspecified atom stereocenters. The summed E-state index contributed by atoms with van der Waals surface area (Å²) in [6.45, 7) is 14.2. The summed E-state index contributed by atoms with van der Waals surface area (Å²) in [4.78, 5) is 35.4. The number of ether oxygens (including phenoxy) is 5. The van der Waals surface area contributed by atoms with E-state index in [2.05, 4.69) is 24.6 Å². The Kier molecular flexibility index (Phi) is 18.4. The molecule has 3 aliphatic rings. The number of nitrogens with one attached hydrogen (secondary N) is 1. The van der Waals surface area contributed by atoms with Gasteiger partial charge in [-0.25, -0.2) is 9.59 Å². The lowest BCUT2D eigenvalue weighted by Gasteiger charge is -2.59. The summed E-state index contributed by atoms with van der Waals surface area (Å²) in [5.41, 5.74) is 2.57. The monoisotopic (exact) mass is 861 g/mol. The number of hydrogen-bond acceptors (Lipinski definition) is 12. The minimum absolute atomic E-state index is 0.00142. The van der Waals surface area contributed by atoms with Gasteiger partial charge in [-0.3, -0.25) is 4.90 Å². The number of benzene rings is 2. The van der Waals surface area contributed by atoms with Gasteiger partial charge >= 0.3 is 12.2 Å². The van der Waals surface area contributed by atoms with Crippen LogP contribution in [0.1, 0.15) is 89.2 Å². The number of hydrogen-bond donors (Lipinski definition) is 4. The topological polar surface area (TPSA) is 178 Å². The third-order valence-corrected chi connectivity index (χ3v) is 11.4. The predicted octanol–water partition coefficient (Wildman–Crippen LogP) is 7.43. The van der Waals surface area contributed by atoms with Gasteiger partial charge in [0.1, 0.15) is 23.1 Å². The first kappa shape index (κ1) is 48.3. The molecule has 1 heterocycles. The van der Waals surface area contributed by atoms with Crippen LogP contribution in [0.3, 0.4) is 0 Å². The van der Waals surface area contributed by atoms with Crippen molar-refractivity contribution >= 4 is 17.9 Å². The molecule has 5 rings (SSSR count). The van der Waals surface area contributed by atoms with Gasteiger partial charge in [0.15, 0.2) is 0 Å². The number of amides is 2. The SMILES string of the molecule is C=CCCOC(=O)N(CCOCCO)C1CC(=NOC(C)(C)C)C2=CC(CCCCO)C(CCCCO)C3c4cc(OC(=O)NCc5ccccc5)ccc4OC1(OCC=C)C23. The summed E-state index contributed by atoms with van der Waals surface area (Å²) in [5.74, 6) is -1.69. The predicted molar refractivity (Wildman–Crippen MR) is 236 cm³/mol. The largest absolute Gasteiger partial charge is 0.459 e. The second-order valence-electron chi connectivity index (χ2n) is 16.9. The smallest absolute Gasteiger partial charge is 0.412 e. The maximum Gasteiger partial charge on any atom is 0.412 e. The van der Waals surface area contributed by atoms with E-state index >= 15 is 0 Å². The normalized spacial score (nSPS) is 23.2. The molecule has 2 aliphatic carbocycles. The van der Waals surface area contributed by atoms with Crippen molar-refractivity contribution in [1.29, 1.82) is 0 Å². The highest BCUT2D eigenvalue weighted by atomic mass is 16.7. The molecule has 14 heteroatoms.